The molecular formula is C13H14F3N3O4. The predicted octanol–water partition coefficient (Wildman–Crippen LogP) is 2.43. The number of likely N-dealkylation sites (tertiary alicyclic amines) is 1. The molecule has 1 fully saturated rings. The number of aliphatic hydroxyl groups is 1. The van der Waals surface area contributed by atoms with Gasteiger partial charge in [0, 0.05) is 30.3 Å². The summed E-state index contributed by atoms with van der Waals surface area (Å²) >= 11 is 0. The van der Waals surface area contributed by atoms with Crippen LogP contribution in [0.3, 0.4) is 0 Å². The van der Waals surface area contributed by atoms with Crippen LogP contribution < -0.4 is 5.32 Å². The number of amides is 2. The summed E-state index contributed by atoms with van der Waals surface area (Å²) in [5.41, 5.74) is -2.51. The van der Waals surface area contributed by atoms with Gasteiger partial charge in [-0.15, -0.1) is 0 Å². The number of nitro groups is 1. The Morgan fingerprint density at radius 3 is 2.61 bits per heavy atom. The van der Waals surface area contributed by atoms with Crippen LogP contribution in [0.5, 0.6) is 0 Å². The molecule has 1 aromatic rings. The van der Waals surface area contributed by atoms with Crippen LogP contribution in [0, 0.1) is 17.0 Å². The fraction of sp³-hybridized carbons (Fsp3) is 0.462. The first-order chi connectivity index (χ1) is 10.5. The molecule has 0 aliphatic carbocycles. The van der Waals surface area contributed by atoms with Crippen molar-refractivity contribution >= 4 is 17.4 Å². The second-order valence-electron chi connectivity index (χ2n) is 5.39. The van der Waals surface area contributed by atoms with Crippen LogP contribution >= 0.6 is 0 Å². The van der Waals surface area contributed by atoms with Gasteiger partial charge >= 0.3 is 12.2 Å². The number of anilines is 1. The summed E-state index contributed by atoms with van der Waals surface area (Å²) in [5, 5.41) is 22.6. The number of alkyl halides is 3. The lowest BCUT2D eigenvalue weighted by Crippen LogP contribution is -2.48. The molecule has 1 heterocycles. The van der Waals surface area contributed by atoms with Crippen molar-refractivity contribution < 1.29 is 28.0 Å². The van der Waals surface area contributed by atoms with Gasteiger partial charge in [0.1, 0.15) is 0 Å². The fourth-order valence-corrected chi connectivity index (χ4v) is 2.34. The minimum atomic E-state index is -4.81. The van der Waals surface area contributed by atoms with Crippen molar-refractivity contribution in [2.75, 3.05) is 18.4 Å². The summed E-state index contributed by atoms with van der Waals surface area (Å²) in [6.45, 7) is 0.383. The van der Waals surface area contributed by atoms with Crippen molar-refractivity contribution in [2.24, 2.45) is 0 Å². The third kappa shape index (κ3) is 3.36. The number of nitrogens with one attached hydrogen (secondary N) is 1. The highest BCUT2D eigenvalue weighted by atomic mass is 19.4. The number of benzene rings is 1. The van der Waals surface area contributed by atoms with Gasteiger partial charge in [0.2, 0.25) is 0 Å². The normalized spacial score (nSPS) is 21.3. The fourth-order valence-electron chi connectivity index (χ4n) is 2.34. The van der Waals surface area contributed by atoms with Gasteiger partial charge in [0.25, 0.3) is 5.69 Å². The molecule has 0 spiro atoms. The van der Waals surface area contributed by atoms with Crippen molar-refractivity contribution in [3.8, 4) is 0 Å². The molecule has 1 atom stereocenters. The predicted molar refractivity (Wildman–Crippen MR) is 74.0 cm³/mol. The molecule has 23 heavy (non-hydrogen) atoms. The lowest BCUT2D eigenvalue weighted by atomic mass is 10.0. The van der Waals surface area contributed by atoms with E-state index in [1.165, 1.54) is 25.1 Å². The Bertz CT molecular complexity index is 650. The second-order valence-corrected chi connectivity index (χ2v) is 5.39. The Kier molecular flexibility index (Phi) is 4.20. The molecule has 0 radical (unpaired) electrons. The molecule has 0 unspecified atom stereocenters. The van der Waals surface area contributed by atoms with Crippen LogP contribution in [0.15, 0.2) is 18.2 Å². The van der Waals surface area contributed by atoms with E-state index in [-0.39, 0.29) is 17.9 Å². The van der Waals surface area contributed by atoms with Crippen molar-refractivity contribution in [3.63, 3.8) is 0 Å². The van der Waals surface area contributed by atoms with E-state index in [0.717, 1.165) is 4.90 Å². The van der Waals surface area contributed by atoms with E-state index < -0.39 is 35.7 Å². The molecule has 0 bridgehead atoms. The average Bonchev–Trinajstić information content (AvgIpc) is 2.82. The molecule has 1 aliphatic rings. The number of carbonyl (C=O) groups excluding carboxylic acids is 1. The maximum atomic E-state index is 12.7. The van der Waals surface area contributed by atoms with Crippen molar-refractivity contribution in [3.05, 3.63) is 33.9 Å². The number of nitro benzene ring substituents is 1. The first-order valence-electron chi connectivity index (χ1n) is 6.63. The third-order valence-corrected chi connectivity index (χ3v) is 3.71. The summed E-state index contributed by atoms with van der Waals surface area (Å²) in [6, 6.07) is 3.02. The van der Waals surface area contributed by atoms with Gasteiger partial charge in [-0.2, -0.15) is 13.2 Å². The number of hydrogen-bond donors (Lipinski definition) is 2. The Balaban J connectivity index is 2.06. The minimum Gasteiger partial charge on any atom is -0.379 e. The number of carbonyl (C=O) groups is 1. The molecule has 10 heteroatoms. The molecule has 2 rings (SSSR count). The highest BCUT2D eigenvalue weighted by Crippen LogP contribution is 2.37. The van der Waals surface area contributed by atoms with Crippen molar-refractivity contribution in [2.45, 2.75) is 25.1 Å². The third-order valence-electron chi connectivity index (χ3n) is 3.71. The maximum Gasteiger partial charge on any atom is 0.419 e. The molecule has 2 N–H and O–H groups in total. The lowest BCUT2D eigenvalue weighted by molar-refractivity contribution is -0.385. The molecule has 126 valence electrons. The number of nitrogens with zero attached hydrogens (tertiary/aromatic N) is 2. The largest absolute Gasteiger partial charge is 0.419 e. The summed E-state index contributed by atoms with van der Waals surface area (Å²) < 4.78 is 38.1. The van der Waals surface area contributed by atoms with Crippen LogP contribution in [-0.2, 0) is 0 Å². The van der Waals surface area contributed by atoms with Crippen molar-refractivity contribution in [1.82, 2.24) is 4.90 Å². The average molecular weight is 333 g/mol. The zero-order valence-electron chi connectivity index (χ0n) is 12.1. The Hall–Kier alpha value is -2.36. The molecule has 0 saturated carbocycles. The van der Waals surface area contributed by atoms with Crippen LogP contribution in [0.1, 0.15) is 12.0 Å². The second kappa shape index (κ2) is 5.69. The molecule has 1 aromatic carbocycles. The van der Waals surface area contributed by atoms with E-state index >= 15 is 0 Å². The summed E-state index contributed by atoms with van der Waals surface area (Å²) in [4.78, 5) is 22.9. The van der Waals surface area contributed by atoms with Crippen molar-refractivity contribution in [1.29, 1.82) is 0 Å². The van der Waals surface area contributed by atoms with E-state index in [4.69, 9.17) is 0 Å². The van der Waals surface area contributed by atoms with E-state index in [1.807, 2.05) is 0 Å². The standard InChI is InChI=1S/C13H14F3N3O4/c1-8-6-9(2-3-10(8)19(22)23)17-11(20)18-5-4-12(21,7-18)13(14,15)16/h2-3,6,21H,4-5,7H2,1H3,(H,17,20)/t12-/m0/s1. The number of halogens is 3. The molecule has 1 saturated heterocycles. The van der Waals surface area contributed by atoms with Gasteiger partial charge in [-0.1, -0.05) is 0 Å². The van der Waals surface area contributed by atoms with Gasteiger partial charge in [0.15, 0.2) is 5.60 Å². The number of urea groups is 1. The first kappa shape index (κ1) is 17.0. The highest BCUT2D eigenvalue weighted by molar-refractivity contribution is 5.90. The summed E-state index contributed by atoms with van der Waals surface area (Å²) in [6.07, 6.45) is -5.41. The number of rotatable bonds is 2. The van der Waals surface area contributed by atoms with Gasteiger partial charge in [-0.25, -0.2) is 4.79 Å². The summed E-state index contributed by atoms with van der Waals surface area (Å²) in [7, 11) is 0. The number of hydrogen-bond acceptors (Lipinski definition) is 4. The van der Waals surface area contributed by atoms with Crippen LogP contribution in [-0.4, -0.2) is 45.8 Å². The van der Waals surface area contributed by atoms with Crippen LogP contribution in [0.4, 0.5) is 29.3 Å². The quantitative estimate of drug-likeness (QED) is 0.642. The zero-order chi connectivity index (χ0) is 17.4. The Morgan fingerprint density at radius 2 is 2.13 bits per heavy atom. The van der Waals surface area contributed by atoms with E-state index in [0.29, 0.717) is 5.56 Å². The Morgan fingerprint density at radius 1 is 1.48 bits per heavy atom. The van der Waals surface area contributed by atoms with Gasteiger partial charge in [-0.05, 0) is 19.1 Å². The zero-order valence-corrected chi connectivity index (χ0v) is 12.1. The maximum absolute atomic E-state index is 12.7. The van der Waals surface area contributed by atoms with E-state index in [2.05, 4.69) is 5.32 Å². The SMILES string of the molecule is Cc1cc(NC(=O)N2CC[C@@](O)(C(F)(F)F)C2)ccc1[N+](=O)[O-]. The molecule has 2 amide bonds. The Labute approximate surface area is 128 Å². The minimum absolute atomic E-state index is 0.129. The van der Waals surface area contributed by atoms with Crippen LogP contribution in [0.25, 0.3) is 0 Å². The smallest absolute Gasteiger partial charge is 0.379 e. The lowest BCUT2D eigenvalue weighted by Gasteiger charge is -2.26. The molecule has 7 nitrogen and oxygen atoms in total. The molecular weight excluding hydrogens is 319 g/mol. The van der Waals surface area contributed by atoms with E-state index in [9.17, 15) is 33.2 Å². The van der Waals surface area contributed by atoms with Gasteiger partial charge < -0.3 is 15.3 Å². The molecule has 1 aliphatic heterocycles. The monoisotopic (exact) mass is 333 g/mol. The highest BCUT2D eigenvalue weighted by Gasteiger charge is 2.57. The summed E-state index contributed by atoms with van der Waals surface area (Å²) in [5.74, 6) is 0. The molecule has 0 aromatic heterocycles. The van der Waals surface area contributed by atoms with Crippen LogP contribution in [0.2, 0.25) is 0 Å². The van der Waals surface area contributed by atoms with Gasteiger partial charge in [0.05, 0.1) is 11.5 Å². The first-order valence-corrected chi connectivity index (χ1v) is 6.63. The van der Waals surface area contributed by atoms with E-state index in [1.54, 1.807) is 0 Å². The number of aryl methyl sites for hydroxylation is 1. The topological polar surface area (TPSA) is 95.7 Å². The van der Waals surface area contributed by atoms with Gasteiger partial charge in [-0.3, -0.25) is 10.1 Å². The number of β-amino-alcohol motifs (C(OH)–C–C–N with tert-alkyl or cyclic N) is 1.